The van der Waals surface area contributed by atoms with Crippen LogP contribution in [0.25, 0.3) is 11.3 Å². The summed E-state index contributed by atoms with van der Waals surface area (Å²) in [5.41, 5.74) is 2.72. The maximum Gasteiger partial charge on any atom is 0.247 e. The van der Waals surface area contributed by atoms with Crippen LogP contribution in [0, 0.1) is 0 Å². The summed E-state index contributed by atoms with van der Waals surface area (Å²) in [5.74, 6) is 1.22. The first-order valence-corrected chi connectivity index (χ1v) is 10.0. The molecule has 3 aromatic rings. The van der Waals surface area contributed by atoms with Gasteiger partial charge >= 0.3 is 0 Å². The molecule has 7 nitrogen and oxygen atoms in total. The van der Waals surface area contributed by atoms with Crippen molar-refractivity contribution in [2.45, 2.75) is 11.4 Å². The zero-order valence-electron chi connectivity index (χ0n) is 15.4. The number of nitrogens with zero attached hydrogens (tertiary/aromatic N) is 3. The van der Waals surface area contributed by atoms with Gasteiger partial charge in [-0.05, 0) is 12.1 Å². The van der Waals surface area contributed by atoms with Crippen molar-refractivity contribution < 1.29 is 14.6 Å². The number of hydrogen-bond donors (Lipinski definition) is 2. The highest BCUT2D eigenvalue weighted by molar-refractivity contribution is 7.99. The fourth-order valence-electron chi connectivity index (χ4n) is 2.91. The summed E-state index contributed by atoms with van der Waals surface area (Å²) in [6.07, 6.45) is 1.08. The number of aromatic nitrogens is 3. The summed E-state index contributed by atoms with van der Waals surface area (Å²) >= 11 is 7.81. The second-order valence-corrected chi connectivity index (χ2v) is 7.48. The van der Waals surface area contributed by atoms with Gasteiger partial charge in [0, 0.05) is 28.6 Å². The quantitative estimate of drug-likeness (QED) is 0.447. The lowest BCUT2D eigenvalue weighted by Crippen LogP contribution is -2.17. The Balaban J connectivity index is 1.83. The van der Waals surface area contributed by atoms with Gasteiger partial charge in [-0.25, -0.2) is 0 Å². The number of hydrogen-bond acceptors (Lipinski definition) is 8. The molecule has 0 saturated heterocycles. The Kier molecular flexibility index (Phi) is 5.46. The fourth-order valence-corrected chi connectivity index (χ4v) is 3.68. The van der Waals surface area contributed by atoms with E-state index in [-0.39, 0.29) is 11.5 Å². The Labute approximate surface area is 176 Å². The predicted octanol–water partition coefficient (Wildman–Crippen LogP) is 4.69. The molecule has 2 aromatic carbocycles. The van der Waals surface area contributed by atoms with Crippen LogP contribution >= 0.6 is 23.4 Å². The van der Waals surface area contributed by atoms with E-state index in [0.29, 0.717) is 33.1 Å². The Hall–Kier alpha value is -2.97. The van der Waals surface area contributed by atoms with Crippen LogP contribution in [-0.2, 0) is 0 Å². The van der Waals surface area contributed by atoms with Crippen molar-refractivity contribution in [3.63, 3.8) is 0 Å². The second kappa shape index (κ2) is 8.18. The third-order valence-corrected chi connectivity index (χ3v) is 5.41. The van der Waals surface area contributed by atoms with Crippen LogP contribution in [0.5, 0.6) is 17.4 Å². The van der Waals surface area contributed by atoms with Crippen molar-refractivity contribution in [3.05, 3.63) is 59.6 Å². The van der Waals surface area contributed by atoms with Crippen LogP contribution in [0.4, 0.5) is 5.69 Å². The van der Waals surface area contributed by atoms with Crippen LogP contribution in [0.3, 0.4) is 0 Å². The van der Waals surface area contributed by atoms with Crippen LogP contribution in [-0.4, -0.2) is 33.2 Å². The first-order valence-electron chi connectivity index (χ1n) is 8.68. The van der Waals surface area contributed by atoms with Crippen molar-refractivity contribution in [2.24, 2.45) is 0 Å². The Morgan fingerprint density at radius 1 is 1.34 bits per heavy atom. The van der Waals surface area contributed by atoms with E-state index in [0.717, 1.165) is 11.3 Å². The molecule has 1 aliphatic rings. The third kappa shape index (κ3) is 3.81. The van der Waals surface area contributed by atoms with Gasteiger partial charge < -0.3 is 19.9 Å². The van der Waals surface area contributed by atoms with Gasteiger partial charge in [0.05, 0.1) is 12.1 Å². The highest BCUT2D eigenvalue weighted by atomic mass is 35.5. The van der Waals surface area contributed by atoms with E-state index in [1.165, 1.54) is 24.9 Å². The van der Waals surface area contributed by atoms with Gasteiger partial charge in [-0.3, -0.25) is 0 Å². The van der Waals surface area contributed by atoms with Crippen LogP contribution in [0.1, 0.15) is 11.8 Å². The van der Waals surface area contributed by atoms with Gasteiger partial charge in [0.1, 0.15) is 0 Å². The average molecular weight is 429 g/mol. The van der Waals surface area contributed by atoms with E-state index in [2.05, 4.69) is 27.1 Å². The molecule has 4 rings (SSSR count). The molecule has 0 amide bonds. The largest absolute Gasteiger partial charge is 0.504 e. The molecule has 0 saturated carbocycles. The lowest BCUT2D eigenvalue weighted by atomic mass is 10.1. The molecule has 2 N–H and O–H groups in total. The Bertz CT molecular complexity index is 1080. The molecule has 2 heterocycles. The summed E-state index contributed by atoms with van der Waals surface area (Å²) in [4.78, 5) is 4.53. The van der Waals surface area contributed by atoms with E-state index in [1.807, 2.05) is 24.3 Å². The maximum absolute atomic E-state index is 9.99. The minimum absolute atomic E-state index is 0.0530. The molecule has 0 bridgehead atoms. The molecule has 148 valence electrons. The van der Waals surface area contributed by atoms with E-state index >= 15 is 0 Å². The number of anilines is 1. The van der Waals surface area contributed by atoms with Crippen molar-refractivity contribution in [1.82, 2.24) is 15.2 Å². The molecule has 29 heavy (non-hydrogen) atoms. The van der Waals surface area contributed by atoms with E-state index < -0.39 is 6.23 Å². The standard InChI is InChI=1S/C20H17ClN4O3S/c1-3-8-29-20-23-19-17(24-25-20)11-6-4-5-7-14(11)22-18(28-19)12-9-16(27-2)15(26)10-13(12)21/h3-7,9-10,18,22,26H,1,8H2,2H3. The van der Waals surface area contributed by atoms with Crippen molar-refractivity contribution in [3.8, 4) is 28.6 Å². The number of phenols is 1. The summed E-state index contributed by atoms with van der Waals surface area (Å²) in [6, 6.07) is 10.7. The van der Waals surface area contributed by atoms with E-state index in [4.69, 9.17) is 21.1 Å². The van der Waals surface area contributed by atoms with Crippen molar-refractivity contribution in [1.29, 1.82) is 0 Å². The third-order valence-electron chi connectivity index (χ3n) is 4.24. The van der Waals surface area contributed by atoms with Gasteiger partial charge in [0.25, 0.3) is 0 Å². The molecule has 1 aromatic heterocycles. The predicted molar refractivity (Wildman–Crippen MR) is 113 cm³/mol. The molecule has 9 heteroatoms. The normalized spacial score (nSPS) is 14.6. The highest BCUT2D eigenvalue weighted by Gasteiger charge is 2.28. The molecule has 0 fully saturated rings. The number of methoxy groups -OCH3 is 1. The van der Waals surface area contributed by atoms with Gasteiger partial charge in [-0.2, -0.15) is 4.98 Å². The summed E-state index contributed by atoms with van der Waals surface area (Å²) in [5, 5.41) is 22.7. The second-order valence-electron chi connectivity index (χ2n) is 6.08. The van der Waals surface area contributed by atoms with Gasteiger partial charge in [-0.15, -0.1) is 16.8 Å². The zero-order valence-corrected chi connectivity index (χ0v) is 17.0. The van der Waals surface area contributed by atoms with E-state index in [1.54, 1.807) is 12.1 Å². The maximum atomic E-state index is 9.99. The Morgan fingerprint density at radius 2 is 2.17 bits per heavy atom. The lowest BCUT2D eigenvalue weighted by Gasteiger charge is -2.21. The minimum Gasteiger partial charge on any atom is -0.504 e. The van der Waals surface area contributed by atoms with Crippen LogP contribution in [0.2, 0.25) is 5.02 Å². The number of nitrogens with one attached hydrogen (secondary N) is 1. The summed E-state index contributed by atoms with van der Waals surface area (Å²) in [6.45, 7) is 3.71. The van der Waals surface area contributed by atoms with Gasteiger partial charge in [0.15, 0.2) is 23.4 Å². The molecular weight excluding hydrogens is 412 g/mol. The molecule has 0 spiro atoms. The average Bonchev–Trinajstić information content (AvgIpc) is 2.88. The number of fused-ring (bicyclic) bond motifs is 3. The lowest BCUT2D eigenvalue weighted by molar-refractivity contribution is 0.224. The molecule has 0 aliphatic carbocycles. The minimum atomic E-state index is -0.687. The number of halogens is 1. The van der Waals surface area contributed by atoms with Crippen molar-refractivity contribution >= 4 is 29.1 Å². The Morgan fingerprint density at radius 3 is 2.97 bits per heavy atom. The number of benzene rings is 2. The highest BCUT2D eigenvalue weighted by Crippen LogP contribution is 2.42. The molecule has 0 radical (unpaired) electrons. The first kappa shape index (κ1) is 19.4. The number of ether oxygens (including phenoxy) is 2. The molecule has 1 unspecified atom stereocenters. The van der Waals surface area contributed by atoms with Crippen LogP contribution in [0.15, 0.2) is 54.2 Å². The topological polar surface area (TPSA) is 89.4 Å². The van der Waals surface area contributed by atoms with Crippen molar-refractivity contribution in [2.75, 3.05) is 18.2 Å². The first-order chi connectivity index (χ1) is 14.1. The molecule has 1 aliphatic heterocycles. The molecular formula is C20H17ClN4O3S. The summed E-state index contributed by atoms with van der Waals surface area (Å²) in [7, 11) is 1.47. The fraction of sp³-hybridized carbons (Fsp3) is 0.150. The number of rotatable bonds is 5. The smallest absolute Gasteiger partial charge is 0.247 e. The summed E-state index contributed by atoms with van der Waals surface area (Å²) < 4.78 is 11.4. The van der Waals surface area contributed by atoms with Gasteiger partial charge in [-0.1, -0.05) is 47.6 Å². The van der Waals surface area contributed by atoms with E-state index in [9.17, 15) is 5.11 Å². The zero-order chi connectivity index (χ0) is 20.4. The number of para-hydroxylation sites is 1. The SMILES string of the molecule is C=CCSc1nnc2c(n1)OC(c1cc(OC)c(O)cc1Cl)Nc1ccccc1-2. The monoisotopic (exact) mass is 428 g/mol. The number of thioether (sulfide) groups is 1. The number of aromatic hydroxyl groups is 1. The number of phenolic OH excluding ortho intramolecular Hbond substituents is 1. The molecule has 1 atom stereocenters. The van der Waals surface area contributed by atoms with Gasteiger partial charge in [0.2, 0.25) is 11.0 Å². The van der Waals surface area contributed by atoms with Crippen LogP contribution < -0.4 is 14.8 Å².